The molecule has 3 unspecified atom stereocenters. The number of nitrogens with one attached hydrogen (secondary N) is 1. The Morgan fingerprint density at radius 1 is 0.632 bits per heavy atom. The maximum absolute atomic E-state index is 12.7. The Morgan fingerprint density at radius 2 is 1.05 bits per heavy atom. The van der Waals surface area contributed by atoms with Crippen LogP contribution in [0.2, 0.25) is 0 Å². The van der Waals surface area contributed by atoms with Gasteiger partial charge >= 0.3 is 23.9 Å². The van der Waals surface area contributed by atoms with E-state index in [1.54, 1.807) is 13.8 Å². The van der Waals surface area contributed by atoms with Crippen LogP contribution in [0.3, 0.4) is 0 Å². The molecule has 0 spiro atoms. The zero-order valence-corrected chi connectivity index (χ0v) is 22.5. The lowest BCUT2D eigenvalue weighted by atomic mass is 9.75. The van der Waals surface area contributed by atoms with Gasteiger partial charge in [0.1, 0.15) is 33.0 Å². The molecule has 11 heteroatoms. The van der Waals surface area contributed by atoms with E-state index in [9.17, 15) is 19.2 Å². The third-order valence-electron chi connectivity index (χ3n) is 5.51. The van der Waals surface area contributed by atoms with Crippen LogP contribution in [0.25, 0.3) is 0 Å². The van der Waals surface area contributed by atoms with E-state index >= 15 is 0 Å². The standard InChI is InChI=1S/C27H39NO10/c1-17(2)23(28)34-9-10-37-26(31)21-13-20(16-33-7-8-35-24(29)18(3)4)14-22(15-21)27(32)38-12-11-36-25(30)19(5)6/h20-22,28H,1,3,5,7-16H2,2,4,6H3. The van der Waals surface area contributed by atoms with Crippen LogP contribution in [-0.2, 0) is 47.6 Å². The van der Waals surface area contributed by atoms with Crippen molar-refractivity contribution in [2.45, 2.75) is 40.0 Å². The van der Waals surface area contributed by atoms with Crippen molar-refractivity contribution in [3.63, 3.8) is 0 Å². The molecule has 1 rings (SSSR count). The average molecular weight is 538 g/mol. The van der Waals surface area contributed by atoms with Gasteiger partial charge in [0.25, 0.3) is 0 Å². The van der Waals surface area contributed by atoms with Crippen molar-refractivity contribution in [1.29, 1.82) is 5.41 Å². The first-order valence-corrected chi connectivity index (χ1v) is 12.4. The maximum atomic E-state index is 12.7. The molecule has 0 aliphatic heterocycles. The van der Waals surface area contributed by atoms with Gasteiger partial charge in [0, 0.05) is 23.3 Å². The Labute approximate surface area is 223 Å². The maximum Gasteiger partial charge on any atom is 0.333 e. The zero-order valence-electron chi connectivity index (χ0n) is 22.5. The third kappa shape index (κ3) is 12.7. The molecule has 0 radical (unpaired) electrons. The summed E-state index contributed by atoms with van der Waals surface area (Å²) in [7, 11) is 0. The topological polar surface area (TPSA) is 148 Å². The normalized spacial score (nSPS) is 18.4. The highest BCUT2D eigenvalue weighted by molar-refractivity contribution is 5.89. The summed E-state index contributed by atoms with van der Waals surface area (Å²) in [5, 5.41) is 7.59. The van der Waals surface area contributed by atoms with Crippen molar-refractivity contribution >= 4 is 29.8 Å². The first-order valence-electron chi connectivity index (χ1n) is 12.4. The van der Waals surface area contributed by atoms with E-state index in [4.69, 9.17) is 33.8 Å². The predicted octanol–water partition coefficient (Wildman–Crippen LogP) is 2.93. The molecule has 1 N–H and O–H groups in total. The summed E-state index contributed by atoms with van der Waals surface area (Å²) in [6.07, 6.45) is 1.10. The summed E-state index contributed by atoms with van der Waals surface area (Å²) in [4.78, 5) is 48.4. The summed E-state index contributed by atoms with van der Waals surface area (Å²) in [6, 6.07) is 0. The second-order valence-electron chi connectivity index (χ2n) is 9.17. The number of ether oxygens (including phenoxy) is 6. The minimum Gasteiger partial charge on any atom is -0.474 e. The fourth-order valence-corrected chi connectivity index (χ4v) is 3.57. The van der Waals surface area contributed by atoms with Crippen molar-refractivity contribution < 1.29 is 47.6 Å². The molecule has 212 valence electrons. The van der Waals surface area contributed by atoms with Gasteiger partial charge in [0.05, 0.1) is 18.4 Å². The molecule has 0 heterocycles. The Morgan fingerprint density at radius 3 is 1.50 bits per heavy atom. The molecular weight excluding hydrogens is 498 g/mol. The van der Waals surface area contributed by atoms with Crippen LogP contribution in [0, 0.1) is 23.2 Å². The van der Waals surface area contributed by atoms with Crippen LogP contribution >= 0.6 is 0 Å². The van der Waals surface area contributed by atoms with E-state index in [1.807, 2.05) is 0 Å². The predicted molar refractivity (Wildman–Crippen MR) is 137 cm³/mol. The Bertz CT molecular complexity index is 856. The number of carbonyl (C=O) groups excluding carboxylic acids is 4. The molecule has 0 bridgehead atoms. The lowest BCUT2D eigenvalue weighted by Crippen LogP contribution is -2.36. The highest BCUT2D eigenvalue weighted by atomic mass is 16.6. The summed E-state index contributed by atoms with van der Waals surface area (Å²) in [6.45, 7) is 15.5. The van der Waals surface area contributed by atoms with Crippen LogP contribution < -0.4 is 0 Å². The second kappa shape index (κ2) is 17.1. The fourth-order valence-electron chi connectivity index (χ4n) is 3.57. The van der Waals surface area contributed by atoms with Crippen LogP contribution in [0.5, 0.6) is 0 Å². The largest absolute Gasteiger partial charge is 0.474 e. The number of rotatable bonds is 16. The number of esters is 4. The Balaban J connectivity index is 2.64. The molecule has 1 fully saturated rings. The van der Waals surface area contributed by atoms with Crippen molar-refractivity contribution in [2.75, 3.05) is 46.2 Å². The highest BCUT2D eigenvalue weighted by Crippen LogP contribution is 2.35. The van der Waals surface area contributed by atoms with E-state index in [2.05, 4.69) is 19.7 Å². The molecule has 1 aliphatic rings. The van der Waals surface area contributed by atoms with Gasteiger partial charge in [-0.3, -0.25) is 15.0 Å². The number of hydrogen-bond donors (Lipinski definition) is 1. The van der Waals surface area contributed by atoms with Crippen LogP contribution in [0.4, 0.5) is 0 Å². The molecule has 1 aliphatic carbocycles. The van der Waals surface area contributed by atoms with Crippen LogP contribution in [0.1, 0.15) is 40.0 Å². The molecule has 0 aromatic rings. The molecule has 3 atom stereocenters. The van der Waals surface area contributed by atoms with Crippen molar-refractivity contribution in [1.82, 2.24) is 0 Å². The Hall–Kier alpha value is -3.47. The van der Waals surface area contributed by atoms with E-state index in [-0.39, 0.29) is 75.6 Å². The SMILES string of the molecule is C=C(C)C(=N)OCCOC(=O)C1CC(COCCOC(=O)C(=C)C)CC(C(=O)OCCOC(=O)C(=C)C)C1. The van der Waals surface area contributed by atoms with E-state index in [0.717, 1.165) is 0 Å². The molecule has 0 aromatic heterocycles. The molecular formula is C27H39NO10. The van der Waals surface area contributed by atoms with Gasteiger partial charge < -0.3 is 28.4 Å². The van der Waals surface area contributed by atoms with Crippen LogP contribution in [-0.4, -0.2) is 76.0 Å². The molecule has 0 saturated heterocycles. The average Bonchev–Trinajstić information content (AvgIpc) is 2.87. The lowest BCUT2D eigenvalue weighted by molar-refractivity contribution is -0.160. The quantitative estimate of drug-likeness (QED) is 0.0778. The summed E-state index contributed by atoms with van der Waals surface area (Å²) >= 11 is 0. The monoisotopic (exact) mass is 537 g/mol. The van der Waals surface area contributed by atoms with Gasteiger partial charge in [0.15, 0.2) is 0 Å². The van der Waals surface area contributed by atoms with Crippen molar-refractivity contribution in [3.8, 4) is 0 Å². The minimum atomic E-state index is -0.583. The molecule has 38 heavy (non-hydrogen) atoms. The summed E-state index contributed by atoms with van der Waals surface area (Å²) in [5.41, 5.74) is 0.983. The van der Waals surface area contributed by atoms with Gasteiger partial charge in [-0.05, 0) is 46.0 Å². The van der Waals surface area contributed by atoms with Gasteiger partial charge in [-0.1, -0.05) is 19.7 Å². The van der Waals surface area contributed by atoms with E-state index in [0.29, 0.717) is 18.4 Å². The zero-order chi connectivity index (χ0) is 28.7. The van der Waals surface area contributed by atoms with Crippen molar-refractivity contribution in [3.05, 3.63) is 36.5 Å². The fraction of sp³-hybridized carbons (Fsp3) is 0.593. The molecule has 0 aromatic carbocycles. The number of hydrogen-bond acceptors (Lipinski definition) is 11. The third-order valence-corrected chi connectivity index (χ3v) is 5.51. The van der Waals surface area contributed by atoms with Crippen molar-refractivity contribution in [2.24, 2.45) is 17.8 Å². The van der Waals surface area contributed by atoms with Gasteiger partial charge in [0.2, 0.25) is 5.90 Å². The summed E-state index contributed by atoms with van der Waals surface area (Å²) < 4.78 is 31.3. The van der Waals surface area contributed by atoms with E-state index < -0.39 is 35.7 Å². The lowest BCUT2D eigenvalue weighted by Gasteiger charge is -2.32. The highest BCUT2D eigenvalue weighted by Gasteiger charge is 2.38. The van der Waals surface area contributed by atoms with E-state index in [1.165, 1.54) is 6.92 Å². The molecule has 0 amide bonds. The second-order valence-corrected chi connectivity index (χ2v) is 9.17. The summed E-state index contributed by atoms with van der Waals surface area (Å²) in [5.74, 6) is -3.45. The van der Waals surface area contributed by atoms with Gasteiger partial charge in [-0.25, -0.2) is 9.59 Å². The first kappa shape index (κ1) is 32.6. The molecule has 11 nitrogen and oxygen atoms in total. The Kier molecular flexibility index (Phi) is 14.7. The van der Waals surface area contributed by atoms with Crippen LogP contribution in [0.15, 0.2) is 36.5 Å². The molecule has 1 saturated carbocycles. The van der Waals surface area contributed by atoms with Gasteiger partial charge in [-0.2, -0.15) is 0 Å². The minimum absolute atomic E-state index is 0.00791. The van der Waals surface area contributed by atoms with Gasteiger partial charge in [-0.15, -0.1) is 0 Å². The number of carbonyl (C=O) groups is 4. The smallest absolute Gasteiger partial charge is 0.333 e. The first-order chi connectivity index (χ1) is 17.9.